The van der Waals surface area contributed by atoms with Crippen LogP contribution in [0.5, 0.6) is 0 Å². The molecule has 0 unspecified atom stereocenters. The van der Waals surface area contributed by atoms with Gasteiger partial charge in [-0.2, -0.15) is 10.5 Å². The van der Waals surface area contributed by atoms with Crippen LogP contribution in [-0.4, -0.2) is 26.3 Å². The molecule has 24 heavy (non-hydrogen) atoms. The Morgan fingerprint density at radius 1 is 1.04 bits per heavy atom. The molecule has 0 N–H and O–H groups in total. The third kappa shape index (κ3) is 3.52. The SMILES string of the molecule is N#CC(C#N)=C(c1ccc(Br)cc1)c1ccc(N2CCOCC2)s1. The molecule has 0 aliphatic carbocycles. The molecule has 2 heterocycles. The molecule has 3 rings (SSSR count). The largest absolute Gasteiger partial charge is 0.378 e. The highest BCUT2D eigenvalue weighted by atomic mass is 79.9. The Hall–Kier alpha value is -2.12. The number of anilines is 1. The van der Waals surface area contributed by atoms with Gasteiger partial charge in [0.1, 0.15) is 17.7 Å². The average Bonchev–Trinajstić information content (AvgIpc) is 3.11. The minimum absolute atomic E-state index is 0.132. The maximum Gasteiger partial charge on any atom is 0.138 e. The van der Waals surface area contributed by atoms with E-state index in [0.717, 1.165) is 46.2 Å². The Kier molecular flexibility index (Phi) is 5.32. The van der Waals surface area contributed by atoms with Crippen LogP contribution < -0.4 is 4.90 Å². The first-order valence-corrected chi connectivity index (χ1v) is 9.07. The number of halogens is 1. The fraction of sp³-hybridized carbons (Fsp3) is 0.222. The first kappa shape index (κ1) is 16.7. The fourth-order valence-electron chi connectivity index (χ4n) is 2.58. The Labute approximate surface area is 153 Å². The summed E-state index contributed by atoms with van der Waals surface area (Å²) in [6, 6.07) is 15.8. The maximum absolute atomic E-state index is 9.37. The van der Waals surface area contributed by atoms with E-state index in [2.05, 4.69) is 26.9 Å². The topological polar surface area (TPSA) is 60.0 Å². The van der Waals surface area contributed by atoms with Crippen LogP contribution in [0.4, 0.5) is 5.00 Å². The van der Waals surface area contributed by atoms with Gasteiger partial charge in [-0.25, -0.2) is 0 Å². The fourth-order valence-corrected chi connectivity index (χ4v) is 3.97. The molecule has 0 amide bonds. The summed E-state index contributed by atoms with van der Waals surface area (Å²) in [5, 5.41) is 19.9. The van der Waals surface area contributed by atoms with Crippen LogP contribution in [0.2, 0.25) is 0 Å². The Morgan fingerprint density at radius 3 is 2.33 bits per heavy atom. The molecule has 0 spiro atoms. The standard InChI is InChI=1S/C18H14BrN3OS/c19-15-3-1-13(2-4-15)18(14(11-20)12-21)16-5-6-17(24-16)22-7-9-23-10-8-22/h1-6H,7-10H2. The Morgan fingerprint density at radius 2 is 1.71 bits per heavy atom. The lowest BCUT2D eigenvalue weighted by Crippen LogP contribution is -2.35. The van der Waals surface area contributed by atoms with Crippen LogP contribution >= 0.6 is 27.3 Å². The predicted molar refractivity (Wildman–Crippen MR) is 98.7 cm³/mol. The maximum atomic E-state index is 9.37. The molecule has 1 aromatic heterocycles. The molecule has 2 aromatic rings. The zero-order valence-corrected chi connectivity index (χ0v) is 15.2. The number of benzene rings is 1. The third-order valence-electron chi connectivity index (χ3n) is 3.77. The van der Waals surface area contributed by atoms with E-state index in [4.69, 9.17) is 4.74 Å². The second-order valence-electron chi connectivity index (χ2n) is 5.22. The highest BCUT2D eigenvalue weighted by molar-refractivity contribution is 9.10. The first-order valence-electron chi connectivity index (χ1n) is 7.46. The van der Waals surface area contributed by atoms with Crippen LogP contribution in [0.15, 0.2) is 46.4 Å². The van der Waals surface area contributed by atoms with Gasteiger partial charge in [-0.05, 0) is 29.8 Å². The summed E-state index contributed by atoms with van der Waals surface area (Å²) in [6.07, 6.45) is 0. The monoisotopic (exact) mass is 399 g/mol. The molecular formula is C18H14BrN3OS. The zero-order chi connectivity index (χ0) is 16.9. The van der Waals surface area contributed by atoms with Gasteiger partial charge < -0.3 is 9.64 Å². The molecule has 1 fully saturated rings. The van der Waals surface area contributed by atoms with E-state index in [-0.39, 0.29) is 5.57 Å². The lowest BCUT2D eigenvalue weighted by molar-refractivity contribution is 0.123. The third-order valence-corrected chi connectivity index (χ3v) is 5.46. The van der Waals surface area contributed by atoms with Crippen molar-refractivity contribution in [1.82, 2.24) is 0 Å². The van der Waals surface area contributed by atoms with Gasteiger partial charge in [-0.15, -0.1) is 11.3 Å². The molecule has 0 atom stereocenters. The second kappa shape index (κ2) is 7.63. The molecular weight excluding hydrogens is 386 g/mol. The average molecular weight is 400 g/mol. The Balaban J connectivity index is 2.03. The molecule has 4 nitrogen and oxygen atoms in total. The molecule has 6 heteroatoms. The zero-order valence-electron chi connectivity index (χ0n) is 12.8. The van der Waals surface area contributed by atoms with Crippen molar-refractivity contribution in [3.8, 4) is 12.1 Å². The van der Waals surface area contributed by atoms with Crippen molar-refractivity contribution < 1.29 is 4.74 Å². The van der Waals surface area contributed by atoms with Gasteiger partial charge in [0.25, 0.3) is 0 Å². The summed E-state index contributed by atoms with van der Waals surface area (Å²) < 4.78 is 6.35. The van der Waals surface area contributed by atoms with E-state index in [0.29, 0.717) is 5.57 Å². The second-order valence-corrected chi connectivity index (χ2v) is 7.20. The number of hydrogen-bond acceptors (Lipinski definition) is 5. The molecule has 0 saturated carbocycles. The normalized spacial score (nSPS) is 13.9. The van der Waals surface area contributed by atoms with Crippen molar-refractivity contribution in [2.75, 3.05) is 31.2 Å². The van der Waals surface area contributed by atoms with Gasteiger partial charge in [-0.3, -0.25) is 0 Å². The van der Waals surface area contributed by atoms with Crippen molar-refractivity contribution in [3.05, 3.63) is 56.9 Å². The highest BCUT2D eigenvalue weighted by Gasteiger charge is 2.18. The smallest absolute Gasteiger partial charge is 0.138 e. The number of nitriles is 2. The number of morpholine rings is 1. The van der Waals surface area contributed by atoms with E-state index >= 15 is 0 Å². The van der Waals surface area contributed by atoms with Crippen LogP contribution in [0.3, 0.4) is 0 Å². The molecule has 0 bridgehead atoms. The summed E-state index contributed by atoms with van der Waals surface area (Å²) in [6.45, 7) is 3.18. The van der Waals surface area contributed by atoms with Gasteiger partial charge >= 0.3 is 0 Å². The Bertz CT molecular complexity index is 820. The number of allylic oxidation sites excluding steroid dienone is 1. The lowest BCUT2D eigenvalue weighted by Gasteiger charge is -2.27. The van der Waals surface area contributed by atoms with Crippen molar-refractivity contribution in [2.24, 2.45) is 0 Å². The summed E-state index contributed by atoms with van der Waals surface area (Å²) >= 11 is 5.02. The van der Waals surface area contributed by atoms with E-state index < -0.39 is 0 Å². The molecule has 1 saturated heterocycles. The van der Waals surface area contributed by atoms with Gasteiger partial charge in [0.2, 0.25) is 0 Å². The molecule has 1 aromatic carbocycles. The molecule has 1 aliphatic heterocycles. The van der Waals surface area contributed by atoms with E-state index in [9.17, 15) is 10.5 Å². The van der Waals surface area contributed by atoms with Gasteiger partial charge in [0.15, 0.2) is 0 Å². The van der Waals surface area contributed by atoms with E-state index in [1.807, 2.05) is 42.5 Å². The lowest BCUT2D eigenvalue weighted by atomic mass is 9.99. The van der Waals surface area contributed by atoms with Gasteiger partial charge in [0, 0.05) is 28.0 Å². The summed E-state index contributed by atoms with van der Waals surface area (Å²) in [4.78, 5) is 3.20. The van der Waals surface area contributed by atoms with Crippen molar-refractivity contribution in [2.45, 2.75) is 0 Å². The van der Waals surface area contributed by atoms with Crippen LogP contribution in [0.1, 0.15) is 10.4 Å². The van der Waals surface area contributed by atoms with Crippen molar-refractivity contribution >= 4 is 37.8 Å². The minimum atomic E-state index is 0.132. The number of nitrogens with zero attached hydrogens (tertiary/aromatic N) is 3. The molecule has 1 aliphatic rings. The van der Waals surface area contributed by atoms with E-state index in [1.165, 1.54) is 0 Å². The van der Waals surface area contributed by atoms with Crippen molar-refractivity contribution in [3.63, 3.8) is 0 Å². The summed E-state index contributed by atoms with van der Waals surface area (Å²) in [5.41, 5.74) is 1.69. The molecule has 0 radical (unpaired) electrons. The predicted octanol–water partition coefficient (Wildman–Crippen LogP) is 4.20. The molecule has 120 valence electrons. The first-order chi connectivity index (χ1) is 11.7. The van der Waals surface area contributed by atoms with Crippen LogP contribution in [0, 0.1) is 22.7 Å². The van der Waals surface area contributed by atoms with Crippen LogP contribution in [0.25, 0.3) is 5.57 Å². The van der Waals surface area contributed by atoms with Gasteiger partial charge in [0.05, 0.1) is 18.2 Å². The number of ether oxygens (including phenoxy) is 1. The van der Waals surface area contributed by atoms with Crippen LogP contribution in [-0.2, 0) is 4.74 Å². The number of rotatable bonds is 3. The number of thiophene rings is 1. The van der Waals surface area contributed by atoms with Crippen molar-refractivity contribution in [1.29, 1.82) is 10.5 Å². The highest BCUT2D eigenvalue weighted by Crippen LogP contribution is 2.36. The quantitative estimate of drug-likeness (QED) is 0.725. The summed E-state index contributed by atoms with van der Waals surface area (Å²) in [5.74, 6) is 0. The van der Waals surface area contributed by atoms with E-state index in [1.54, 1.807) is 11.3 Å². The van der Waals surface area contributed by atoms with Gasteiger partial charge in [-0.1, -0.05) is 28.1 Å². The number of hydrogen-bond donors (Lipinski definition) is 0. The minimum Gasteiger partial charge on any atom is -0.378 e. The summed E-state index contributed by atoms with van der Waals surface area (Å²) in [7, 11) is 0.